The molecule has 0 aliphatic rings. The van der Waals surface area contributed by atoms with E-state index in [0.29, 0.717) is 12.2 Å². The molecule has 1 aromatic rings. The van der Waals surface area contributed by atoms with Gasteiger partial charge in [-0.3, -0.25) is 0 Å². The quantitative estimate of drug-likeness (QED) is 0.882. The summed E-state index contributed by atoms with van der Waals surface area (Å²) >= 11 is 0. The molecule has 0 bridgehead atoms. The maximum Gasteiger partial charge on any atom is 0.416 e. The van der Waals surface area contributed by atoms with E-state index in [-0.39, 0.29) is 18.6 Å². The first-order valence-electron chi connectivity index (χ1n) is 5.59. The molecule has 0 atom stereocenters. The second-order valence-electron chi connectivity index (χ2n) is 5.01. The van der Waals surface area contributed by atoms with Crippen LogP contribution in [-0.4, -0.2) is 18.3 Å². The predicted octanol–water partition coefficient (Wildman–Crippen LogP) is 3.24. The molecule has 0 fully saturated rings. The van der Waals surface area contributed by atoms with Crippen LogP contribution < -0.4 is 0 Å². The Morgan fingerprint density at radius 1 is 1.22 bits per heavy atom. The summed E-state index contributed by atoms with van der Waals surface area (Å²) in [5, 5.41) is 9.01. The summed E-state index contributed by atoms with van der Waals surface area (Å²) in [4.78, 5) is 0. The Labute approximate surface area is 104 Å². The fourth-order valence-corrected chi connectivity index (χ4v) is 1.33. The highest BCUT2D eigenvalue weighted by Crippen LogP contribution is 2.29. The number of hydrogen-bond donors (Lipinski definition) is 1. The van der Waals surface area contributed by atoms with E-state index in [4.69, 9.17) is 9.84 Å². The Kier molecular flexibility index (Phi) is 4.76. The standard InChI is InChI=1S/C13H17F3O2/c1-12(2,8-17)9-18-7-10-4-3-5-11(6-10)13(14,15)16/h3-6,17H,7-9H2,1-2H3. The summed E-state index contributed by atoms with van der Waals surface area (Å²) in [7, 11) is 0. The molecule has 1 N–H and O–H groups in total. The van der Waals surface area contributed by atoms with Gasteiger partial charge in [0.15, 0.2) is 0 Å². The van der Waals surface area contributed by atoms with Crippen molar-refractivity contribution in [3.8, 4) is 0 Å². The first kappa shape index (κ1) is 15.0. The number of ether oxygens (including phenoxy) is 1. The second-order valence-corrected chi connectivity index (χ2v) is 5.01. The van der Waals surface area contributed by atoms with Crippen molar-refractivity contribution >= 4 is 0 Å². The van der Waals surface area contributed by atoms with Gasteiger partial charge < -0.3 is 9.84 Å². The molecular weight excluding hydrogens is 245 g/mol. The minimum Gasteiger partial charge on any atom is -0.396 e. The number of aliphatic hydroxyl groups excluding tert-OH is 1. The van der Waals surface area contributed by atoms with Crippen LogP contribution in [0.15, 0.2) is 24.3 Å². The molecule has 2 nitrogen and oxygen atoms in total. The number of alkyl halides is 3. The smallest absolute Gasteiger partial charge is 0.396 e. The molecule has 0 spiro atoms. The van der Waals surface area contributed by atoms with Crippen LogP contribution in [0, 0.1) is 5.41 Å². The zero-order chi connectivity index (χ0) is 13.8. The van der Waals surface area contributed by atoms with E-state index in [1.165, 1.54) is 6.07 Å². The van der Waals surface area contributed by atoms with E-state index in [1.807, 2.05) is 13.8 Å². The van der Waals surface area contributed by atoms with Crippen molar-refractivity contribution in [3.63, 3.8) is 0 Å². The van der Waals surface area contributed by atoms with Crippen molar-refractivity contribution < 1.29 is 23.0 Å². The molecule has 0 saturated carbocycles. The highest BCUT2D eigenvalue weighted by molar-refractivity contribution is 5.25. The molecule has 0 unspecified atom stereocenters. The summed E-state index contributed by atoms with van der Waals surface area (Å²) in [6.07, 6.45) is -4.33. The molecule has 0 aliphatic heterocycles. The van der Waals surface area contributed by atoms with Crippen LogP contribution in [0.1, 0.15) is 25.0 Å². The lowest BCUT2D eigenvalue weighted by molar-refractivity contribution is -0.137. The Balaban J connectivity index is 2.59. The third-order valence-corrected chi connectivity index (χ3v) is 2.44. The van der Waals surface area contributed by atoms with Crippen LogP contribution in [0.2, 0.25) is 0 Å². The minimum absolute atomic E-state index is 0.0322. The fraction of sp³-hybridized carbons (Fsp3) is 0.538. The van der Waals surface area contributed by atoms with E-state index in [0.717, 1.165) is 12.1 Å². The number of benzene rings is 1. The second kappa shape index (κ2) is 5.71. The van der Waals surface area contributed by atoms with Gasteiger partial charge in [-0.05, 0) is 17.7 Å². The molecule has 18 heavy (non-hydrogen) atoms. The van der Waals surface area contributed by atoms with E-state index in [1.54, 1.807) is 6.07 Å². The molecule has 0 aliphatic carbocycles. The van der Waals surface area contributed by atoms with Gasteiger partial charge >= 0.3 is 6.18 Å². The van der Waals surface area contributed by atoms with Gasteiger partial charge in [0.2, 0.25) is 0 Å². The van der Waals surface area contributed by atoms with Crippen LogP contribution in [0.5, 0.6) is 0 Å². The fourth-order valence-electron chi connectivity index (χ4n) is 1.33. The van der Waals surface area contributed by atoms with Gasteiger partial charge in [-0.2, -0.15) is 13.2 Å². The van der Waals surface area contributed by atoms with Gasteiger partial charge in [0.1, 0.15) is 0 Å². The van der Waals surface area contributed by atoms with Gasteiger partial charge in [0, 0.05) is 5.41 Å². The number of hydrogen-bond acceptors (Lipinski definition) is 2. The van der Waals surface area contributed by atoms with Gasteiger partial charge in [-0.15, -0.1) is 0 Å². The molecule has 0 radical (unpaired) electrons. The molecule has 5 heteroatoms. The lowest BCUT2D eigenvalue weighted by Gasteiger charge is -2.21. The zero-order valence-corrected chi connectivity index (χ0v) is 10.4. The van der Waals surface area contributed by atoms with Gasteiger partial charge in [-0.1, -0.05) is 26.0 Å². The number of halogens is 3. The Morgan fingerprint density at radius 2 is 1.89 bits per heavy atom. The monoisotopic (exact) mass is 262 g/mol. The van der Waals surface area contributed by atoms with Crippen molar-refractivity contribution in [1.29, 1.82) is 0 Å². The highest BCUT2D eigenvalue weighted by atomic mass is 19.4. The normalized spacial score (nSPS) is 12.8. The van der Waals surface area contributed by atoms with E-state index in [9.17, 15) is 13.2 Å². The summed E-state index contributed by atoms with van der Waals surface area (Å²) in [5.41, 5.74) is -0.592. The van der Waals surface area contributed by atoms with E-state index in [2.05, 4.69) is 0 Å². The minimum atomic E-state index is -4.33. The molecule has 1 aromatic carbocycles. The Hall–Kier alpha value is -1.07. The summed E-state index contributed by atoms with van der Waals surface area (Å²) in [6, 6.07) is 5.05. The predicted molar refractivity (Wildman–Crippen MR) is 62.0 cm³/mol. The zero-order valence-electron chi connectivity index (χ0n) is 10.4. The van der Waals surface area contributed by atoms with Crippen molar-refractivity contribution in [2.45, 2.75) is 26.6 Å². The van der Waals surface area contributed by atoms with Crippen LogP contribution >= 0.6 is 0 Å². The molecule has 0 saturated heterocycles. The SMILES string of the molecule is CC(C)(CO)COCc1cccc(C(F)(F)F)c1. The first-order valence-corrected chi connectivity index (χ1v) is 5.59. The molecule has 0 aromatic heterocycles. The van der Waals surface area contributed by atoms with Crippen molar-refractivity contribution in [3.05, 3.63) is 35.4 Å². The summed E-state index contributed by atoms with van der Waals surface area (Å²) < 4.78 is 42.7. The maximum absolute atomic E-state index is 12.5. The number of rotatable bonds is 5. The lowest BCUT2D eigenvalue weighted by atomic mass is 9.96. The molecule has 0 amide bonds. The van der Waals surface area contributed by atoms with Gasteiger partial charge in [-0.25, -0.2) is 0 Å². The van der Waals surface area contributed by atoms with E-state index >= 15 is 0 Å². The Bertz CT molecular complexity index is 386. The van der Waals surface area contributed by atoms with Crippen LogP contribution in [0.4, 0.5) is 13.2 Å². The van der Waals surface area contributed by atoms with Gasteiger partial charge in [0.05, 0.1) is 25.4 Å². The van der Waals surface area contributed by atoms with E-state index < -0.39 is 11.7 Å². The molecule has 0 heterocycles. The molecule has 1 rings (SSSR count). The highest BCUT2D eigenvalue weighted by Gasteiger charge is 2.30. The summed E-state index contributed by atoms with van der Waals surface area (Å²) in [5.74, 6) is 0. The first-order chi connectivity index (χ1) is 8.24. The lowest BCUT2D eigenvalue weighted by Crippen LogP contribution is -2.23. The summed E-state index contributed by atoms with van der Waals surface area (Å²) in [6.45, 7) is 4.00. The average molecular weight is 262 g/mol. The van der Waals surface area contributed by atoms with Crippen LogP contribution in [0.25, 0.3) is 0 Å². The van der Waals surface area contributed by atoms with Crippen LogP contribution in [0.3, 0.4) is 0 Å². The molecular formula is C13H17F3O2. The molecule has 102 valence electrons. The van der Waals surface area contributed by atoms with Crippen molar-refractivity contribution in [1.82, 2.24) is 0 Å². The topological polar surface area (TPSA) is 29.5 Å². The van der Waals surface area contributed by atoms with Gasteiger partial charge in [0.25, 0.3) is 0 Å². The average Bonchev–Trinajstić information content (AvgIpc) is 2.28. The largest absolute Gasteiger partial charge is 0.416 e. The van der Waals surface area contributed by atoms with Crippen molar-refractivity contribution in [2.24, 2.45) is 5.41 Å². The third-order valence-electron chi connectivity index (χ3n) is 2.44. The number of aliphatic hydroxyl groups is 1. The Morgan fingerprint density at radius 3 is 2.44 bits per heavy atom. The maximum atomic E-state index is 12.5. The third kappa shape index (κ3) is 4.66. The van der Waals surface area contributed by atoms with Crippen LogP contribution in [-0.2, 0) is 17.5 Å². The van der Waals surface area contributed by atoms with Crippen molar-refractivity contribution in [2.75, 3.05) is 13.2 Å².